The minimum Gasteiger partial charge on any atom is -0.370 e. The van der Waals surface area contributed by atoms with Crippen LogP contribution in [0.4, 0.5) is 0 Å². The highest BCUT2D eigenvalue weighted by atomic mass is 28.3. The molecule has 1 aliphatic rings. The molecule has 1 saturated heterocycles. The van der Waals surface area contributed by atoms with Crippen LogP contribution in [0, 0.1) is 5.92 Å². The van der Waals surface area contributed by atoms with Crippen molar-refractivity contribution in [2.45, 2.75) is 51.4 Å². The summed E-state index contributed by atoms with van der Waals surface area (Å²) in [6.45, 7) is 14.8. The Hall–Kier alpha value is -0.863. The van der Waals surface area contributed by atoms with Gasteiger partial charge in [0.1, 0.15) is 0 Å². The van der Waals surface area contributed by atoms with Gasteiger partial charge in [0.25, 0.3) is 0 Å². The molecular weight excluding hydrogens is 260 g/mol. The van der Waals surface area contributed by atoms with Crippen molar-refractivity contribution in [3.05, 3.63) is 42.5 Å². The molecule has 0 amide bonds. The summed E-state index contributed by atoms with van der Waals surface area (Å²) in [5, 5.41) is 1.53. The van der Waals surface area contributed by atoms with Crippen LogP contribution in [-0.2, 0) is 4.74 Å². The lowest BCUT2D eigenvalue weighted by Gasteiger charge is -2.27. The standard InChI is InChI=1S/C18H28OSi/c1-6-18(14-19-18)12-15(2)16(3)13-20(4,5)17-10-8-7-9-11-17/h7-11,15H,3,6,12-14H2,1-2,4-5H3. The van der Waals surface area contributed by atoms with Crippen molar-refractivity contribution in [3.63, 3.8) is 0 Å². The van der Waals surface area contributed by atoms with Crippen molar-refractivity contribution < 1.29 is 4.74 Å². The Morgan fingerprint density at radius 2 is 1.95 bits per heavy atom. The summed E-state index contributed by atoms with van der Waals surface area (Å²) < 4.78 is 5.65. The van der Waals surface area contributed by atoms with E-state index in [1.807, 2.05) is 0 Å². The Morgan fingerprint density at radius 3 is 2.45 bits per heavy atom. The molecule has 1 aromatic rings. The molecule has 1 fully saturated rings. The van der Waals surface area contributed by atoms with Crippen LogP contribution in [0.15, 0.2) is 42.5 Å². The predicted octanol–water partition coefficient (Wildman–Crippen LogP) is 4.36. The van der Waals surface area contributed by atoms with E-state index in [0.29, 0.717) is 5.92 Å². The maximum absolute atomic E-state index is 5.65. The van der Waals surface area contributed by atoms with Crippen molar-refractivity contribution in [1.82, 2.24) is 0 Å². The number of allylic oxidation sites excluding steroid dienone is 1. The average molecular weight is 289 g/mol. The van der Waals surface area contributed by atoms with Crippen molar-refractivity contribution in [1.29, 1.82) is 0 Å². The number of benzene rings is 1. The molecule has 0 spiro atoms. The van der Waals surface area contributed by atoms with Gasteiger partial charge < -0.3 is 4.74 Å². The molecule has 0 saturated carbocycles. The van der Waals surface area contributed by atoms with E-state index >= 15 is 0 Å². The van der Waals surface area contributed by atoms with Gasteiger partial charge in [-0.1, -0.05) is 74.6 Å². The molecule has 0 N–H and O–H groups in total. The fourth-order valence-electron chi connectivity index (χ4n) is 3.00. The first kappa shape index (κ1) is 15.5. The molecule has 20 heavy (non-hydrogen) atoms. The van der Waals surface area contributed by atoms with E-state index in [9.17, 15) is 0 Å². The summed E-state index contributed by atoms with van der Waals surface area (Å²) in [7, 11) is -1.41. The summed E-state index contributed by atoms with van der Waals surface area (Å²) in [4.78, 5) is 0. The lowest BCUT2D eigenvalue weighted by Crippen LogP contribution is -2.41. The number of hydrogen-bond donors (Lipinski definition) is 0. The smallest absolute Gasteiger partial charge is 0.0919 e. The second-order valence-corrected chi connectivity index (χ2v) is 11.7. The highest BCUT2D eigenvalue weighted by Gasteiger charge is 2.44. The van der Waals surface area contributed by atoms with Crippen molar-refractivity contribution in [3.8, 4) is 0 Å². The number of ether oxygens (including phenoxy) is 1. The van der Waals surface area contributed by atoms with Crippen LogP contribution in [0.1, 0.15) is 26.7 Å². The molecule has 0 bridgehead atoms. The van der Waals surface area contributed by atoms with Crippen molar-refractivity contribution >= 4 is 13.3 Å². The van der Waals surface area contributed by atoms with E-state index in [2.05, 4.69) is 63.9 Å². The van der Waals surface area contributed by atoms with Crippen LogP contribution < -0.4 is 5.19 Å². The van der Waals surface area contributed by atoms with Gasteiger partial charge in [-0.25, -0.2) is 0 Å². The zero-order valence-corrected chi connectivity index (χ0v) is 14.4. The van der Waals surface area contributed by atoms with Gasteiger partial charge >= 0.3 is 0 Å². The van der Waals surface area contributed by atoms with Crippen LogP contribution in [0.5, 0.6) is 0 Å². The first-order valence-electron chi connectivity index (χ1n) is 7.76. The van der Waals surface area contributed by atoms with Gasteiger partial charge in [-0.3, -0.25) is 0 Å². The number of rotatable bonds is 7. The molecule has 1 aromatic carbocycles. The Kier molecular flexibility index (Phi) is 4.55. The molecule has 1 aliphatic heterocycles. The van der Waals surface area contributed by atoms with E-state index in [1.165, 1.54) is 16.8 Å². The van der Waals surface area contributed by atoms with Crippen molar-refractivity contribution in [2.75, 3.05) is 6.61 Å². The monoisotopic (exact) mass is 288 g/mol. The Bertz CT molecular complexity index is 460. The lowest BCUT2D eigenvalue weighted by atomic mass is 9.90. The minimum atomic E-state index is -1.41. The third kappa shape index (κ3) is 3.61. The van der Waals surface area contributed by atoms with E-state index in [-0.39, 0.29) is 5.60 Å². The summed E-state index contributed by atoms with van der Waals surface area (Å²) >= 11 is 0. The third-order valence-corrected chi connectivity index (χ3v) is 8.03. The van der Waals surface area contributed by atoms with E-state index in [1.54, 1.807) is 0 Å². The van der Waals surface area contributed by atoms with Crippen LogP contribution >= 0.6 is 0 Å². The summed E-state index contributed by atoms with van der Waals surface area (Å²) in [6, 6.07) is 12.1. The highest BCUT2D eigenvalue weighted by molar-refractivity contribution is 6.90. The van der Waals surface area contributed by atoms with Crippen LogP contribution in [-0.4, -0.2) is 20.3 Å². The largest absolute Gasteiger partial charge is 0.370 e. The molecule has 0 radical (unpaired) electrons. The molecule has 1 heterocycles. The van der Waals surface area contributed by atoms with Crippen molar-refractivity contribution in [2.24, 2.45) is 5.92 Å². The normalized spacial score (nSPS) is 23.4. The van der Waals surface area contributed by atoms with E-state index in [0.717, 1.165) is 19.4 Å². The fourth-order valence-corrected chi connectivity index (χ4v) is 5.79. The molecular formula is C18H28OSi. The average Bonchev–Trinajstić information content (AvgIpc) is 3.19. The van der Waals surface area contributed by atoms with E-state index < -0.39 is 8.07 Å². The molecule has 2 heteroatoms. The van der Waals surface area contributed by atoms with Gasteiger partial charge in [0.05, 0.1) is 20.3 Å². The maximum Gasteiger partial charge on any atom is 0.0919 e. The molecule has 0 aliphatic carbocycles. The zero-order chi connectivity index (χ0) is 14.8. The number of epoxide rings is 1. The summed E-state index contributed by atoms with van der Waals surface area (Å²) in [5.41, 5.74) is 1.59. The Labute approximate surface area is 125 Å². The van der Waals surface area contributed by atoms with Gasteiger partial charge in [-0.15, -0.1) is 0 Å². The number of hydrogen-bond acceptors (Lipinski definition) is 1. The Morgan fingerprint density at radius 1 is 1.35 bits per heavy atom. The van der Waals surface area contributed by atoms with Gasteiger partial charge in [0.2, 0.25) is 0 Å². The lowest BCUT2D eigenvalue weighted by molar-refractivity contribution is 0.261. The minimum absolute atomic E-state index is 0.181. The van der Waals surface area contributed by atoms with Crippen LogP contribution in [0.2, 0.25) is 19.1 Å². The second-order valence-electron chi connectivity index (χ2n) is 7.02. The zero-order valence-electron chi connectivity index (χ0n) is 13.4. The molecule has 110 valence electrons. The molecule has 2 atom stereocenters. The van der Waals surface area contributed by atoms with Gasteiger partial charge in [-0.05, 0) is 24.8 Å². The molecule has 0 aromatic heterocycles. The summed E-state index contributed by atoms with van der Waals surface area (Å²) in [5.74, 6) is 0.563. The topological polar surface area (TPSA) is 12.5 Å². The molecule has 1 nitrogen and oxygen atoms in total. The molecule has 2 unspecified atom stereocenters. The fraction of sp³-hybridized carbons (Fsp3) is 0.556. The quantitative estimate of drug-likeness (QED) is 0.412. The second kappa shape index (κ2) is 5.86. The van der Waals surface area contributed by atoms with E-state index in [4.69, 9.17) is 4.74 Å². The van der Waals surface area contributed by atoms with Gasteiger partial charge in [-0.2, -0.15) is 0 Å². The van der Waals surface area contributed by atoms with Gasteiger partial charge in [0.15, 0.2) is 0 Å². The first-order chi connectivity index (χ1) is 9.38. The highest BCUT2D eigenvalue weighted by Crippen LogP contribution is 2.39. The predicted molar refractivity (Wildman–Crippen MR) is 90.3 cm³/mol. The maximum atomic E-state index is 5.65. The van der Waals surface area contributed by atoms with Gasteiger partial charge in [0, 0.05) is 0 Å². The van der Waals surface area contributed by atoms with Crippen LogP contribution in [0.25, 0.3) is 0 Å². The van der Waals surface area contributed by atoms with Crippen LogP contribution in [0.3, 0.4) is 0 Å². The Balaban J connectivity index is 1.96. The first-order valence-corrected chi connectivity index (χ1v) is 11.0. The SMILES string of the molecule is C=C(C[Si](C)(C)c1ccccc1)C(C)CC1(CC)CO1. The summed E-state index contributed by atoms with van der Waals surface area (Å²) in [6.07, 6.45) is 2.27. The third-order valence-electron chi connectivity index (χ3n) is 4.80. The molecule has 2 rings (SSSR count).